The predicted molar refractivity (Wildman–Crippen MR) is 73.0 cm³/mol. The third-order valence-electron chi connectivity index (χ3n) is 4.08. The Balaban J connectivity index is 2.40. The zero-order chi connectivity index (χ0) is 12.9. The van der Waals surface area contributed by atoms with Gasteiger partial charge in [0.1, 0.15) is 9.84 Å². The SMILES string of the molecule is CCC(CC)CN[C@@H]1CCC[C@@H](S(C)(=O)=O)C1. The van der Waals surface area contributed by atoms with E-state index in [0.717, 1.165) is 38.1 Å². The lowest BCUT2D eigenvalue weighted by molar-refractivity contribution is 0.339. The van der Waals surface area contributed by atoms with Gasteiger partial charge in [-0.15, -0.1) is 0 Å². The van der Waals surface area contributed by atoms with E-state index in [-0.39, 0.29) is 5.25 Å². The Bertz CT molecular complexity index is 309. The largest absolute Gasteiger partial charge is 0.314 e. The molecule has 102 valence electrons. The van der Waals surface area contributed by atoms with Crippen molar-refractivity contribution in [2.24, 2.45) is 5.92 Å². The van der Waals surface area contributed by atoms with Crippen molar-refractivity contribution in [3.63, 3.8) is 0 Å². The summed E-state index contributed by atoms with van der Waals surface area (Å²) < 4.78 is 23.1. The van der Waals surface area contributed by atoms with Crippen LogP contribution >= 0.6 is 0 Å². The van der Waals surface area contributed by atoms with Gasteiger partial charge in [0.25, 0.3) is 0 Å². The monoisotopic (exact) mass is 261 g/mol. The van der Waals surface area contributed by atoms with Gasteiger partial charge >= 0.3 is 0 Å². The van der Waals surface area contributed by atoms with Crippen LogP contribution in [0.4, 0.5) is 0 Å². The van der Waals surface area contributed by atoms with Gasteiger partial charge in [0.2, 0.25) is 0 Å². The smallest absolute Gasteiger partial charge is 0.150 e. The van der Waals surface area contributed by atoms with E-state index in [9.17, 15) is 8.42 Å². The summed E-state index contributed by atoms with van der Waals surface area (Å²) in [6, 6.07) is 0.407. The highest BCUT2D eigenvalue weighted by atomic mass is 32.2. The average Bonchev–Trinajstić information content (AvgIpc) is 2.30. The summed E-state index contributed by atoms with van der Waals surface area (Å²) in [7, 11) is -2.85. The fourth-order valence-electron chi connectivity index (χ4n) is 2.63. The third kappa shape index (κ3) is 4.96. The molecule has 0 aromatic carbocycles. The Hall–Kier alpha value is -0.0900. The van der Waals surface area contributed by atoms with Crippen molar-refractivity contribution >= 4 is 9.84 Å². The second-order valence-corrected chi connectivity index (χ2v) is 7.73. The van der Waals surface area contributed by atoms with Crippen molar-refractivity contribution < 1.29 is 8.42 Å². The lowest BCUT2D eigenvalue weighted by Crippen LogP contribution is -2.40. The van der Waals surface area contributed by atoms with Gasteiger partial charge < -0.3 is 5.32 Å². The zero-order valence-corrected chi connectivity index (χ0v) is 12.2. The van der Waals surface area contributed by atoms with Gasteiger partial charge in [-0.2, -0.15) is 0 Å². The van der Waals surface area contributed by atoms with Gasteiger partial charge in [0.15, 0.2) is 0 Å². The van der Waals surface area contributed by atoms with Crippen LogP contribution in [0.1, 0.15) is 52.4 Å². The van der Waals surface area contributed by atoms with Gasteiger partial charge in [-0.05, 0) is 31.7 Å². The molecule has 0 spiro atoms. The maximum Gasteiger partial charge on any atom is 0.150 e. The highest BCUT2D eigenvalue weighted by Gasteiger charge is 2.28. The molecule has 1 fully saturated rings. The Morgan fingerprint density at radius 2 is 1.88 bits per heavy atom. The van der Waals surface area contributed by atoms with Gasteiger partial charge in [-0.25, -0.2) is 8.42 Å². The van der Waals surface area contributed by atoms with E-state index in [0.29, 0.717) is 6.04 Å². The molecule has 0 heterocycles. The van der Waals surface area contributed by atoms with E-state index in [1.807, 2.05) is 0 Å². The van der Waals surface area contributed by atoms with Crippen molar-refractivity contribution in [1.82, 2.24) is 5.32 Å². The molecule has 2 atom stereocenters. The first kappa shape index (κ1) is 15.0. The molecule has 0 unspecified atom stereocenters. The molecule has 0 amide bonds. The van der Waals surface area contributed by atoms with E-state index in [4.69, 9.17) is 0 Å². The number of nitrogens with one attached hydrogen (secondary N) is 1. The maximum absolute atomic E-state index is 11.6. The number of sulfone groups is 1. The first-order valence-electron chi connectivity index (χ1n) is 6.89. The fourth-order valence-corrected chi connectivity index (χ4v) is 3.81. The normalized spacial score (nSPS) is 26.4. The molecule has 1 aliphatic rings. The molecule has 0 radical (unpaired) electrons. The molecule has 0 aromatic heterocycles. The minimum atomic E-state index is -2.85. The summed E-state index contributed by atoms with van der Waals surface area (Å²) in [5.41, 5.74) is 0. The molecule has 1 aliphatic carbocycles. The quantitative estimate of drug-likeness (QED) is 0.798. The van der Waals surface area contributed by atoms with Crippen molar-refractivity contribution in [3.05, 3.63) is 0 Å². The van der Waals surface area contributed by atoms with Crippen LogP contribution in [0, 0.1) is 5.92 Å². The molecule has 0 bridgehead atoms. The molecule has 1 saturated carbocycles. The van der Waals surface area contributed by atoms with Crippen molar-refractivity contribution in [3.8, 4) is 0 Å². The molecular formula is C13H27NO2S. The van der Waals surface area contributed by atoms with Crippen LogP contribution < -0.4 is 5.32 Å². The summed E-state index contributed by atoms with van der Waals surface area (Å²) in [6.07, 6.45) is 7.60. The molecule has 0 aromatic rings. The van der Waals surface area contributed by atoms with Crippen LogP contribution in [-0.2, 0) is 9.84 Å². The van der Waals surface area contributed by atoms with Gasteiger partial charge in [-0.3, -0.25) is 0 Å². The summed E-state index contributed by atoms with van der Waals surface area (Å²) in [5, 5.41) is 3.45. The molecule has 3 nitrogen and oxygen atoms in total. The highest BCUT2D eigenvalue weighted by Crippen LogP contribution is 2.24. The highest BCUT2D eigenvalue weighted by molar-refractivity contribution is 7.91. The molecule has 17 heavy (non-hydrogen) atoms. The maximum atomic E-state index is 11.6. The lowest BCUT2D eigenvalue weighted by Gasteiger charge is -2.30. The van der Waals surface area contributed by atoms with E-state index >= 15 is 0 Å². The van der Waals surface area contributed by atoms with Crippen LogP contribution in [0.15, 0.2) is 0 Å². The van der Waals surface area contributed by atoms with Crippen LogP contribution in [0.5, 0.6) is 0 Å². The third-order valence-corrected chi connectivity index (χ3v) is 5.72. The Morgan fingerprint density at radius 1 is 1.24 bits per heavy atom. The molecular weight excluding hydrogens is 234 g/mol. The lowest BCUT2D eigenvalue weighted by atomic mass is 9.94. The first-order chi connectivity index (χ1) is 7.97. The second kappa shape index (κ2) is 6.74. The van der Waals surface area contributed by atoms with Gasteiger partial charge in [0, 0.05) is 12.3 Å². The Morgan fingerprint density at radius 3 is 2.41 bits per heavy atom. The topological polar surface area (TPSA) is 46.2 Å². The molecule has 0 aliphatic heterocycles. The average molecular weight is 261 g/mol. The summed E-state index contributed by atoms with van der Waals surface area (Å²) in [6.45, 7) is 5.47. The summed E-state index contributed by atoms with van der Waals surface area (Å²) in [4.78, 5) is 0. The van der Waals surface area contributed by atoms with E-state index in [1.165, 1.54) is 19.1 Å². The van der Waals surface area contributed by atoms with E-state index in [2.05, 4.69) is 19.2 Å². The zero-order valence-electron chi connectivity index (χ0n) is 11.4. The molecule has 0 saturated heterocycles. The second-order valence-electron chi connectivity index (χ2n) is 5.41. The number of hydrogen-bond donors (Lipinski definition) is 1. The van der Waals surface area contributed by atoms with E-state index < -0.39 is 9.84 Å². The Labute approximate surface area is 106 Å². The van der Waals surface area contributed by atoms with E-state index in [1.54, 1.807) is 0 Å². The van der Waals surface area contributed by atoms with Crippen LogP contribution in [0.2, 0.25) is 0 Å². The Kier molecular flexibility index (Phi) is 5.93. The molecule has 1 N–H and O–H groups in total. The molecule has 1 rings (SSSR count). The van der Waals surface area contributed by atoms with Gasteiger partial charge in [-0.1, -0.05) is 33.1 Å². The number of rotatable bonds is 6. The standard InChI is InChI=1S/C13H27NO2S/c1-4-11(5-2)10-14-12-7-6-8-13(9-12)17(3,15)16/h11-14H,4-10H2,1-3H3/t12-,13-/m1/s1. The fraction of sp³-hybridized carbons (Fsp3) is 1.00. The minimum Gasteiger partial charge on any atom is -0.314 e. The van der Waals surface area contributed by atoms with Crippen LogP contribution in [0.3, 0.4) is 0 Å². The van der Waals surface area contributed by atoms with Crippen LogP contribution in [-0.4, -0.2) is 32.5 Å². The van der Waals surface area contributed by atoms with Crippen molar-refractivity contribution in [1.29, 1.82) is 0 Å². The first-order valence-corrected chi connectivity index (χ1v) is 8.85. The minimum absolute atomic E-state index is 0.115. The van der Waals surface area contributed by atoms with Crippen LogP contribution in [0.25, 0.3) is 0 Å². The van der Waals surface area contributed by atoms with Gasteiger partial charge in [0.05, 0.1) is 5.25 Å². The summed E-state index contributed by atoms with van der Waals surface area (Å²) in [5.74, 6) is 0.730. The summed E-state index contributed by atoms with van der Waals surface area (Å²) >= 11 is 0. The van der Waals surface area contributed by atoms with Crippen molar-refractivity contribution in [2.45, 2.75) is 63.7 Å². The molecule has 4 heteroatoms. The number of hydrogen-bond acceptors (Lipinski definition) is 3. The predicted octanol–water partition coefficient (Wildman–Crippen LogP) is 2.37. The van der Waals surface area contributed by atoms with Crippen molar-refractivity contribution in [2.75, 3.05) is 12.8 Å².